The molecule has 1 aliphatic rings. The average molecular weight is 257 g/mol. The van der Waals surface area contributed by atoms with Gasteiger partial charge in [0.25, 0.3) is 0 Å². The van der Waals surface area contributed by atoms with E-state index in [9.17, 15) is 0 Å². The van der Waals surface area contributed by atoms with Crippen LogP contribution in [-0.4, -0.2) is 40.0 Å². The highest BCUT2D eigenvalue weighted by Crippen LogP contribution is 2.35. The second-order valence-electron chi connectivity index (χ2n) is 6.09. The van der Waals surface area contributed by atoms with Crippen LogP contribution in [-0.2, 0) is 9.47 Å². The molecule has 0 atom stereocenters. The van der Waals surface area contributed by atoms with Crippen molar-refractivity contribution >= 4 is 0 Å². The first-order chi connectivity index (χ1) is 8.68. The normalized spacial score (nSPS) is 19.3. The second kappa shape index (κ2) is 8.89. The molecule has 1 aliphatic heterocycles. The quantitative estimate of drug-likeness (QED) is 0.644. The Bertz CT molecular complexity index is 201. The molecule has 18 heavy (non-hydrogen) atoms. The van der Waals surface area contributed by atoms with E-state index in [2.05, 4.69) is 19.2 Å². The molecule has 0 unspecified atom stereocenters. The molecule has 0 aromatic rings. The summed E-state index contributed by atoms with van der Waals surface area (Å²) in [6.45, 7) is 9.58. The molecule has 1 rings (SSSR count). The van der Waals surface area contributed by atoms with E-state index < -0.39 is 0 Å². The lowest BCUT2D eigenvalue weighted by Crippen LogP contribution is -2.40. The fourth-order valence-corrected chi connectivity index (χ4v) is 2.69. The molecule has 3 heteroatoms. The van der Waals surface area contributed by atoms with E-state index in [-0.39, 0.29) is 0 Å². The Kier molecular flexibility index (Phi) is 7.87. The predicted molar refractivity (Wildman–Crippen MR) is 75.9 cm³/mol. The maximum Gasteiger partial charge on any atom is 0.0471 e. The first-order valence-corrected chi connectivity index (χ1v) is 7.46. The minimum atomic E-state index is 0.473. The van der Waals surface area contributed by atoms with Crippen LogP contribution in [0, 0.1) is 11.3 Å². The van der Waals surface area contributed by atoms with Crippen molar-refractivity contribution in [2.45, 2.75) is 46.0 Å². The van der Waals surface area contributed by atoms with Crippen LogP contribution in [0.5, 0.6) is 0 Å². The summed E-state index contributed by atoms with van der Waals surface area (Å²) in [6, 6.07) is 0. The summed E-state index contributed by atoms with van der Waals surface area (Å²) in [5.41, 5.74) is 0.473. The van der Waals surface area contributed by atoms with Gasteiger partial charge >= 0.3 is 0 Å². The maximum absolute atomic E-state index is 5.53. The molecular formula is C15H31NO2. The average Bonchev–Trinajstić information content (AvgIpc) is 2.36. The third-order valence-corrected chi connectivity index (χ3v) is 3.91. The number of methoxy groups -OCH3 is 1. The monoisotopic (exact) mass is 257 g/mol. The van der Waals surface area contributed by atoms with E-state index in [1.807, 2.05) is 0 Å². The van der Waals surface area contributed by atoms with Crippen molar-refractivity contribution in [3.63, 3.8) is 0 Å². The topological polar surface area (TPSA) is 30.5 Å². The van der Waals surface area contributed by atoms with Crippen LogP contribution in [0.3, 0.4) is 0 Å². The van der Waals surface area contributed by atoms with Gasteiger partial charge in [0.2, 0.25) is 0 Å². The summed E-state index contributed by atoms with van der Waals surface area (Å²) in [7, 11) is 1.79. The highest BCUT2D eigenvalue weighted by molar-refractivity contribution is 4.84. The van der Waals surface area contributed by atoms with Crippen LogP contribution < -0.4 is 5.32 Å². The van der Waals surface area contributed by atoms with Crippen LogP contribution in [0.25, 0.3) is 0 Å². The molecule has 1 N–H and O–H groups in total. The smallest absolute Gasteiger partial charge is 0.0471 e. The Hall–Kier alpha value is -0.120. The van der Waals surface area contributed by atoms with E-state index in [1.54, 1.807) is 7.11 Å². The summed E-state index contributed by atoms with van der Waals surface area (Å²) >= 11 is 0. The van der Waals surface area contributed by atoms with Crippen LogP contribution in [0.15, 0.2) is 0 Å². The number of nitrogens with one attached hydrogen (secondary N) is 1. The molecular weight excluding hydrogens is 226 g/mol. The van der Waals surface area contributed by atoms with Gasteiger partial charge in [0.1, 0.15) is 0 Å². The minimum Gasteiger partial charge on any atom is -0.385 e. The van der Waals surface area contributed by atoms with Gasteiger partial charge in [-0.2, -0.15) is 0 Å². The van der Waals surface area contributed by atoms with Crippen LogP contribution >= 0.6 is 0 Å². The molecule has 3 nitrogen and oxygen atoms in total. The van der Waals surface area contributed by atoms with Crippen molar-refractivity contribution < 1.29 is 9.47 Å². The number of hydrogen-bond donors (Lipinski definition) is 1. The van der Waals surface area contributed by atoms with E-state index in [4.69, 9.17) is 9.47 Å². The number of ether oxygens (including phenoxy) is 2. The largest absolute Gasteiger partial charge is 0.385 e. The van der Waals surface area contributed by atoms with Gasteiger partial charge in [0.15, 0.2) is 0 Å². The molecule has 0 amide bonds. The maximum atomic E-state index is 5.53. The molecule has 0 saturated carbocycles. The number of unbranched alkanes of at least 4 members (excludes halogenated alkanes) is 1. The number of rotatable bonds is 9. The van der Waals surface area contributed by atoms with Gasteiger partial charge in [-0.15, -0.1) is 0 Å². The molecule has 108 valence electrons. The third kappa shape index (κ3) is 6.17. The van der Waals surface area contributed by atoms with Crippen molar-refractivity contribution in [3.8, 4) is 0 Å². The lowest BCUT2D eigenvalue weighted by molar-refractivity contribution is 0.00820. The van der Waals surface area contributed by atoms with Gasteiger partial charge in [-0.05, 0) is 43.6 Å². The Labute approximate surface area is 113 Å². The van der Waals surface area contributed by atoms with Crippen molar-refractivity contribution in [2.75, 3.05) is 40.0 Å². The first kappa shape index (κ1) is 15.9. The zero-order valence-electron chi connectivity index (χ0n) is 12.5. The fraction of sp³-hybridized carbons (Fsp3) is 1.00. The SMILES string of the molecule is COCCCCC1(CNCC(C)C)CCOCC1. The van der Waals surface area contributed by atoms with E-state index in [0.29, 0.717) is 5.41 Å². The molecule has 1 heterocycles. The second-order valence-corrected chi connectivity index (χ2v) is 6.09. The molecule has 1 saturated heterocycles. The lowest BCUT2D eigenvalue weighted by atomic mass is 9.76. The fourth-order valence-electron chi connectivity index (χ4n) is 2.69. The van der Waals surface area contributed by atoms with Gasteiger partial charge in [0.05, 0.1) is 0 Å². The zero-order valence-corrected chi connectivity index (χ0v) is 12.5. The van der Waals surface area contributed by atoms with Gasteiger partial charge in [-0.1, -0.05) is 20.3 Å². The summed E-state index contributed by atoms with van der Waals surface area (Å²) in [6.07, 6.45) is 6.20. The molecule has 0 spiro atoms. The van der Waals surface area contributed by atoms with Crippen molar-refractivity contribution in [1.29, 1.82) is 0 Å². The molecule has 0 aromatic carbocycles. The summed E-state index contributed by atoms with van der Waals surface area (Å²) in [4.78, 5) is 0. The summed E-state index contributed by atoms with van der Waals surface area (Å²) < 4.78 is 10.7. The molecule has 0 radical (unpaired) electrons. The van der Waals surface area contributed by atoms with Gasteiger partial charge in [0, 0.05) is 33.5 Å². The lowest BCUT2D eigenvalue weighted by Gasteiger charge is -2.38. The Morgan fingerprint density at radius 1 is 1.22 bits per heavy atom. The van der Waals surface area contributed by atoms with Crippen LogP contribution in [0.1, 0.15) is 46.0 Å². The van der Waals surface area contributed by atoms with Crippen molar-refractivity contribution in [1.82, 2.24) is 5.32 Å². The molecule has 1 fully saturated rings. The Morgan fingerprint density at radius 2 is 1.94 bits per heavy atom. The molecule has 0 aromatic heterocycles. The predicted octanol–water partition coefficient (Wildman–Crippen LogP) is 2.85. The number of hydrogen-bond acceptors (Lipinski definition) is 3. The first-order valence-electron chi connectivity index (χ1n) is 7.46. The molecule has 0 bridgehead atoms. The van der Waals surface area contributed by atoms with Crippen LogP contribution in [0.2, 0.25) is 0 Å². The highest BCUT2D eigenvalue weighted by Gasteiger charge is 2.31. The molecule has 0 aliphatic carbocycles. The van der Waals surface area contributed by atoms with Crippen LogP contribution in [0.4, 0.5) is 0 Å². The third-order valence-electron chi connectivity index (χ3n) is 3.91. The van der Waals surface area contributed by atoms with Gasteiger partial charge < -0.3 is 14.8 Å². The summed E-state index contributed by atoms with van der Waals surface area (Å²) in [5.74, 6) is 0.732. The van der Waals surface area contributed by atoms with E-state index >= 15 is 0 Å². The van der Waals surface area contributed by atoms with E-state index in [0.717, 1.165) is 38.8 Å². The van der Waals surface area contributed by atoms with Gasteiger partial charge in [-0.3, -0.25) is 0 Å². The Balaban J connectivity index is 2.32. The standard InChI is InChI=1S/C15H31NO2/c1-14(2)12-16-13-15(6-4-5-9-17-3)7-10-18-11-8-15/h14,16H,4-13H2,1-3H3. The van der Waals surface area contributed by atoms with E-state index in [1.165, 1.54) is 32.1 Å². The minimum absolute atomic E-state index is 0.473. The Morgan fingerprint density at radius 3 is 2.56 bits per heavy atom. The zero-order chi connectivity index (χ0) is 13.3. The summed E-state index contributed by atoms with van der Waals surface area (Å²) in [5, 5.41) is 3.65. The highest BCUT2D eigenvalue weighted by atomic mass is 16.5. The van der Waals surface area contributed by atoms with Crippen molar-refractivity contribution in [2.24, 2.45) is 11.3 Å². The van der Waals surface area contributed by atoms with Gasteiger partial charge in [-0.25, -0.2) is 0 Å². The van der Waals surface area contributed by atoms with Crippen molar-refractivity contribution in [3.05, 3.63) is 0 Å².